The van der Waals surface area contributed by atoms with Gasteiger partial charge in [-0.2, -0.15) is 0 Å². The maximum absolute atomic E-state index is 12.0. The van der Waals surface area contributed by atoms with Gasteiger partial charge in [0.15, 0.2) is 12.0 Å². The summed E-state index contributed by atoms with van der Waals surface area (Å²) in [4.78, 5) is 54.5. The molecule has 26 heavy (non-hydrogen) atoms. The fraction of sp³-hybridized carbons (Fsp3) is 0.235. The van der Waals surface area contributed by atoms with E-state index in [-0.39, 0.29) is 6.42 Å². The highest BCUT2D eigenvalue weighted by Crippen LogP contribution is 2.20. The van der Waals surface area contributed by atoms with Gasteiger partial charge >= 0.3 is 12.0 Å². The molecule has 1 aliphatic rings. The number of nitrogens with zero attached hydrogens (tertiary/aromatic N) is 2. The van der Waals surface area contributed by atoms with Crippen LogP contribution in [0.15, 0.2) is 35.5 Å². The average molecular weight is 356 g/mol. The number of urea groups is 1. The number of H-pyrrole nitrogens is 1. The SMILES string of the molecule is CN1C(=O)NC(=O)[C@H](C=N[C@@H](Cc2c[nH]c3ccccc23)C(=O)O)C1=O. The summed E-state index contributed by atoms with van der Waals surface area (Å²) in [5.74, 6) is -4.08. The van der Waals surface area contributed by atoms with Gasteiger partial charge in [-0.1, -0.05) is 18.2 Å². The molecule has 0 bridgehead atoms. The standard InChI is InChI=1S/C17H16N4O5/c1-21-15(23)11(14(22)20-17(21)26)8-19-13(16(24)25)6-9-7-18-12-5-3-2-4-10(9)12/h2-5,7-8,11,13,18H,6H2,1H3,(H,24,25)(H,20,22,26)/t11-,13-/m0/s1. The van der Waals surface area contributed by atoms with E-state index >= 15 is 0 Å². The van der Waals surface area contributed by atoms with Gasteiger partial charge in [0.25, 0.3) is 0 Å². The average Bonchev–Trinajstić information content (AvgIpc) is 3.01. The van der Waals surface area contributed by atoms with Crippen molar-refractivity contribution in [3.05, 3.63) is 36.0 Å². The molecule has 0 saturated carbocycles. The highest BCUT2D eigenvalue weighted by molar-refractivity contribution is 6.23. The predicted octanol–water partition coefficient (Wildman–Crippen LogP) is 0.559. The number of aromatic amines is 1. The Hall–Kier alpha value is -3.49. The van der Waals surface area contributed by atoms with Crippen LogP contribution in [-0.4, -0.2) is 58.1 Å². The van der Waals surface area contributed by atoms with E-state index in [4.69, 9.17) is 0 Å². The van der Waals surface area contributed by atoms with E-state index in [0.29, 0.717) is 0 Å². The van der Waals surface area contributed by atoms with Crippen LogP contribution in [0.5, 0.6) is 0 Å². The highest BCUT2D eigenvalue weighted by Gasteiger charge is 2.37. The lowest BCUT2D eigenvalue weighted by molar-refractivity contribution is -0.140. The Labute approximate surface area is 147 Å². The maximum atomic E-state index is 12.0. The first-order valence-corrected chi connectivity index (χ1v) is 7.82. The number of para-hydroxylation sites is 1. The number of imide groups is 2. The van der Waals surface area contributed by atoms with Crippen molar-refractivity contribution in [2.75, 3.05) is 7.05 Å². The van der Waals surface area contributed by atoms with Crippen LogP contribution in [0.25, 0.3) is 10.9 Å². The molecule has 1 fully saturated rings. The van der Waals surface area contributed by atoms with E-state index in [2.05, 4.69) is 9.98 Å². The molecule has 1 aliphatic heterocycles. The van der Waals surface area contributed by atoms with Crippen LogP contribution in [-0.2, 0) is 20.8 Å². The summed E-state index contributed by atoms with van der Waals surface area (Å²) in [5.41, 5.74) is 1.63. The number of rotatable bonds is 5. The Morgan fingerprint density at radius 3 is 2.81 bits per heavy atom. The first-order chi connectivity index (χ1) is 12.4. The van der Waals surface area contributed by atoms with E-state index in [1.54, 1.807) is 6.20 Å². The third kappa shape index (κ3) is 3.18. The quantitative estimate of drug-likeness (QED) is 0.532. The lowest BCUT2D eigenvalue weighted by Crippen LogP contribution is -2.56. The molecule has 0 unspecified atom stereocenters. The van der Waals surface area contributed by atoms with E-state index in [9.17, 15) is 24.3 Å². The molecule has 9 heteroatoms. The van der Waals surface area contributed by atoms with E-state index in [0.717, 1.165) is 27.6 Å². The van der Waals surface area contributed by atoms with E-state index in [1.165, 1.54) is 7.05 Å². The minimum Gasteiger partial charge on any atom is -0.480 e. The first kappa shape index (κ1) is 17.3. The summed E-state index contributed by atoms with van der Waals surface area (Å²) in [7, 11) is 1.23. The van der Waals surface area contributed by atoms with Crippen LogP contribution in [0.1, 0.15) is 5.56 Å². The Balaban J connectivity index is 1.81. The molecular formula is C17H16N4O5. The molecule has 2 aromatic rings. The minimum absolute atomic E-state index is 0.0904. The van der Waals surface area contributed by atoms with Gasteiger partial charge in [0, 0.05) is 36.8 Å². The zero-order chi connectivity index (χ0) is 18.8. The molecule has 3 rings (SSSR count). The van der Waals surface area contributed by atoms with Gasteiger partial charge in [-0.3, -0.25) is 24.8 Å². The summed E-state index contributed by atoms with van der Waals surface area (Å²) in [6, 6.07) is 5.45. The molecule has 0 spiro atoms. The number of barbiturate groups is 1. The third-order valence-corrected chi connectivity index (χ3v) is 4.20. The molecule has 134 valence electrons. The topological polar surface area (TPSA) is 132 Å². The number of amides is 4. The van der Waals surface area contributed by atoms with Crippen LogP contribution in [0.2, 0.25) is 0 Å². The number of carbonyl (C=O) groups is 4. The van der Waals surface area contributed by atoms with Gasteiger partial charge in [0.2, 0.25) is 11.8 Å². The summed E-state index contributed by atoms with van der Waals surface area (Å²) < 4.78 is 0. The predicted molar refractivity (Wildman–Crippen MR) is 91.7 cm³/mol. The smallest absolute Gasteiger partial charge is 0.330 e. The zero-order valence-corrected chi connectivity index (χ0v) is 13.8. The van der Waals surface area contributed by atoms with Crippen molar-refractivity contribution in [1.82, 2.24) is 15.2 Å². The Bertz CT molecular complexity index is 932. The largest absolute Gasteiger partial charge is 0.480 e. The number of aliphatic carboxylic acids is 1. The number of aliphatic imine (C=N–C) groups is 1. The van der Waals surface area contributed by atoms with Crippen molar-refractivity contribution in [3.63, 3.8) is 0 Å². The van der Waals surface area contributed by atoms with Crippen LogP contribution >= 0.6 is 0 Å². The Kier molecular flexibility index (Phi) is 4.53. The normalized spacial score (nSPS) is 19.2. The highest BCUT2D eigenvalue weighted by atomic mass is 16.4. The van der Waals surface area contributed by atoms with Crippen LogP contribution in [0.3, 0.4) is 0 Å². The zero-order valence-electron chi connectivity index (χ0n) is 13.8. The van der Waals surface area contributed by atoms with Crippen LogP contribution < -0.4 is 5.32 Å². The molecule has 3 N–H and O–H groups in total. The number of nitrogens with one attached hydrogen (secondary N) is 2. The summed E-state index contributed by atoms with van der Waals surface area (Å²) in [6.07, 6.45) is 2.79. The van der Waals surface area contributed by atoms with E-state index in [1.807, 2.05) is 29.6 Å². The molecule has 1 aromatic carbocycles. The maximum Gasteiger partial charge on any atom is 0.330 e. The molecule has 1 aromatic heterocycles. The lowest BCUT2D eigenvalue weighted by atomic mass is 10.0. The fourth-order valence-electron chi connectivity index (χ4n) is 2.72. The molecule has 4 amide bonds. The fourth-order valence-corrected chi connectivity index (χ4v) is 2.72. The number of hydrogen-bond acceptors (Lipinski definition) is 5. The number of aromatic nitrogens is 1. The number of hydrogen-bond donors (Lipinski definition) is 3. The summed E-state index contributed by atoms with van der Waals surface area (Å²) >= 11 is 0. The molecule has 9 nitrogen and oxygen atoms in total. The second-order valence-corrected chi connectivity index (χ2v) is 5.89. The van der Waals surface area contributed by atoms with Crippen molar-refractivity contribution in [3.8, 4) is 0 Å². The number of benzene rings is 1. The van der Waals surface area contributed by atoms with Crippen molar-refractivity contribution >= 4 is 40.9 Å². The van der Waals surface area contributed by atoms with Gasteiger partial charge in [0.1, 0.15) is 0 Å². The lowest BCUT2D eigenvalue weighted by Gasteiger charge is -2.25. The summed E-state index contributed by atoms with van der Waals surface area (Å²) in [5, 5.41) is 12.3. The van der Waals surface area contributed by atoms with Gasteiger partial charge in [0.05, 0.1) is 0 Å². The van der Waals surface area contributed by atoms with Crippen LogP contribution in [0.4, 0.5) is 4.79 Å². The second-order valence-electron chi connectivity index (χ2n) is 5.89. The van der Waals surface area contributed by atoms with Gasteiger partial charge in [-0.15, -0.1) is 0 Å². The van der Waals surface area contributed by atoms with Gasteiger partial charge in [-0.25, -0.2) is 9.59 Å². The number of fused-ring (bicyclic) bond motifs is 1. The Morgan fingerprint density at radius 1 is 1.35 bits per heavy atom. The second kappa shape index (κ2) is 6.79. The monoisotopic (exact) mass is 356 g/mol. The van der Waals surface area contributed by atoms with E-state index < -0.39 is 35.8 Å². The van der Waals surface area contributed by atoms with Gasteiger partial charge < -0.3 is 10.1 Å². The molecular weight excluding hydrogens is 340 g/mol. The van der Waals surface area contributed by atoms with Gasteiger partial charge in [-0.05, 0) is 11.6 Å². The summed E-state index contributed by atoms with van der Waals surface area (Å²) in [6.45, 7) is 0. The van der Waals surface area contributed by atoms with Crippen LogP contribution in [0, 0.1) is 5.92 Å². The van der Waals surface area contributed by atoms with Crippen molar-refractivity contribution in [2.45, 2.75) is 12.5 Å². The van der Waals surface area contributed by atoms with Crippen molar-refractivity contribution in [2.24, 2.45) is 10.9 Å². The molecule has 0 aliphatic carbocycles. The molecule has 0 radical (unpaired) electrons. The number of carbonyl (C=O) groups excluding carboxylic acids is 3. The molecule has 2 heterocycles. The minimum atomic E-state index is -1.33. The van der Waals surface area contributed by atoms with Crippen molar-refractivity contribution in [1.29, 1.82) is 0 Å². The Morgan fingerprint density at radius 2 is 2.08 bits per heavy atom. The number of carboxylic acids is 1. The van der Waals surface area contributed by atoms with Crippen molar-refractivity contribution < 1.29 is 24.3 Å². The molecule has 2 atom stereocenters. The molecule has 1 saturated heterocycles. The first-order valence-electron chi connectivity index (χ1n) is 7.82. The third-order valence-electron chi connectivity index (χ3n) is 4.20. The number of carboxylic acid groups (broad SMARTS) is 1.